The molecule has 0 saturated carbocycles. The van der Waals surface area contributed by atoms with E-state index in [9.17, 15) is 8.42 Å². The van der Waals surface area contributed by atoms with Crippen LogP contribution in [0.15, 0.2) is 6.07 Å². The summed E-state index contributed by atoms with van der Waals surface area (Å²) in [7, 11) is -3.50. The monoisotopic (exact) mass is 271 g/mol. The van der Waals surface area contributed by atoms with Gasteiger partial charge < -0.3 is 0 Å². The summed E-state index contributed by atoms with van der Waals surface area (Å²) in [6.07, 6.45) is 0. The number of hydrogen-bond acceptors (Lipinski definition) is 6. The van der Waals surface area contributed by atoms with Crippen LogP contribution in [-0.4, -0.2) is 36.2 Å². The lowest BCUT2D eigenvalue weighted by atomic mass is 10.3. The molecule has 0 spiro atoms. The number of nitrogens with one attached hydrogen (secondary N) is 3. The molecule has 1 saturated heterocycles. The normalized spacial score (nSPS) is 24.2. The average Bonchev–Trinajstić information content (AvgIpc) is 2.62. The Morgan fingerprint density at radius 1 is 1.33 bits per heavy atom. The van der Waals surface area contributed by atoms with Gasteiger partial charge in [0.15, 0.2) is 0 Å². The third-order valence-electron chi connectivity index (χ3n) is 2.81. The first kappa shape index (κ1) is 13.2. The Morgan fingerprint density at radius 3 is 2.44 bits per heavy atom. The molecule has 0 aliphatic carbocycles. The Labute approximate surface area is 106 Å². The van der Waals surface area contributed by atoms with Crippen LogP contribution in [0, 0.1) is 13.8 Å². The fourth-order valence-corrected chi connectivity index (χ4v) is 3.35. The zero-order chi connectivity index (χ0) is 13.3. The van der Waals surface area contributed by atoms with Gasteiger partial charge in [-0.05, 0) is 26.8 Å². The van der Waals surface area contributed by atoms with Gasteiger partial charge in [-0.2, -0.15) is 0 Å². The van der Waals surface area contributed by atoms with Gasteiger partial charge in [0.1, 0.15) is 5.25 Å². The molecule has 3 N–H and O–H groups in total. The number of anilines is 1. The van der Waals surface area contributed by atoms with E-state index in [0.29, 0.717) is 6.54 Å². The number of rotatable bonds is 3. The molecule has 100 valence electrons. The summed E-state index contributed by atoms with van der Waals surface area (Å²) in [6.45, 7) is 5.77. The van der Waals surface area contributed by atoms with Gasteiger partial charge in [0.25, 0.3) is 0 Å². The first-order valence-electron chi connectivity index (χ1n) is 5.71. The second-order valence-electron chi connectivity index (χ2n) is 4.47. The maximum atomic E-state index is 12.2. The molecular formula is C10H17N5O2S. The minimum absolute atomic E-state index is 0.131. The van der Waals surface area contributed by atoms with Crippen LogP contribution in [0.1, 0.15) is 18.3 Å². The molecule has 2 rings (SSSR count). The SMILES string of the molecule is Cc1cc(C)nc(NS(=O)(=O)C2CNNC2C)n1. The van der Waals surface area contributed by atoms with Crippen LogP contribution < -0.4 is 15.6 Å². The highest BCUT2D eigenvalue weighted by Gasteiger charge is 2.35. The van der Waals surface area contributed by atoms with Gasteiger partial charge in [-0.3, -0.25) is 15.6 Å². The average molecular weight is 271 g/mol. The van der Waals surface area contributed by atoms with Gasteiger partial charge >= 0.3 is 0 Å². The number of hydrogen-bond donors (Lipinski definition) is 3. The Balaban J connectivity index is 2.22. The topological polar surface area (TPSA) is 96.0 Å². The molecular weight excluding hydrogens is 254 g/mol. The predicted octanol–water partition coefficient (Wildman–Crippen LogP) is -0.300. The molecule has 1 fully saturated rings. The van der Waals surface area contributed by atoms with Crippen LogP contribution in [0.2, 0.25) is 0 Å². The largest absolute Gasteiger partial charge is 0.256 e. The molecule has 0 bridgehead atoms. The minimum Gasteiger partial charge on any atom is -0.256 e. The third kappa shape index (κ3) is 2.77. The second kappa shape index (κ2) is 4.79. The fourth-order valence-electron chi connectivity index (χ4n) is 1.94. The fraction of sp³-hybridized carbons (Fsp3) is 0.600. The van der Waals surface area contributed by atoms with Gasteiger partial charge in [0, 0.05) is 24.0 Å². The van der Waals surface area contributed by atoms with Crippen LogP contribution in [-0.2, 0) is 10.0 Å². The van der Waals surface area contributed by atoms with Crippen molar-refractivity contribution in [2.45, 2.75) is 32.1 Å². The van der Waals surface area contributed by atoms with E-state index in [0.717, 1.165) is 11.4 Å². The highest BCUT2D eigenvalue weighted by atomic mass is 32.2. The van der Waals surface area contributed by atoms with Crippen LogP contribution in [0.25, 0.3) is 0 Å². The van der Waals surface area contributed by atoms with Crippen molar-refractivity contribution in [1.29, 1.82) is 0 Å². The summed E-state index contributed by atoms with van der Waals surface area (Å²) >= 11 is 0. The number of aromatic nitrogens is 2. The van der Waals surface area contributed by atoms with Crippen LogP contribution in [0.5, 0.6) is 0 Å². The molecule has 2 heterocycles. The summed E-state index contributed by atoms with van der Waals surface area (Å²) in [5.74, 6) is 0.131. The lowest BCUT2D eigenvalue weighted by Crippen LogP contribution is -2.38. The smallest absolute Gasteiger partial charge is 0.240 e. The van der Waals surface area contributed by atoms with E-state index in [2.05, 4.69) is 25.5 Å². The van der Waals surface area contributed by atoms with Gasteiger partial charge in [-0.25, -0.2) is 18.4 Å². The van der Waals surface area contributed by atoms with E-state index in [1.165, 1.54) is 0 Å². The molecule has 7 nitrogen and oxygen atoms in total. The molecule has 8 heteroatoms. The van der Waals surface area contributed by atoms with Crippen molar-refractivity contribution in [3.05, 3.63) is 17.5 Å². The molecule has 1 aliphatic rings. The summed E-state index contributed by atoms with van der Waals surface area (Å²) in [5.41, 5.74) is 7.17. The number of hydrazine groups is 1. The maximum Gasteiger partial charge on any atom is 0.240 e. The van der Waals surface area contributed by atoms with E-state index < -0.39 is 15.3 Å². The van der Waals surface area contributed by atoms with Crippen molar-refractivity contribution in [3.8, 4) is 0 Å². The molecule has 1 aliphatic heterocycles. The first-order valence-corrected chi connectivity index (χ1v) is 7.25. The highest BCUT2D eigenvalue weighted by Crippen LogP contribution is 2.13. The van der Waals surface area contributed by atoms with E-state index in [1.54, 1.807) is 19.9 Å². The van der Waals surface area contributed by atoms with Gasteiger partial charge in [0.05, 0.1) is 0 Å². The summed E-state index contributed by atoms with van der Waals surface area (Å²) in [6, 6.07) is 1.63. The summed E-state index contributed by atoms with van der Waals surface area (Å²) < 4.78 is 26.8. The van der Waals surface area contributed by atoms with Crippen molar-refractivity contribution in [3.63, 3.8) is 0 Å². The Hall–Kier alpha value is -1.25. The van der Waals surface area contributed by atoms with Crippen molar-refractivity contribution >= 4 is 16.0 Å². The Morgan fingerprint density at radius 2 is 1.94 bits per heavy atom. The standard InChI is InChI=1S/C10H17N5O2S/c1-6-4-7(2)13-10(12-6)15-18(16,17)9-5-11-14-8(9)3/h4,8-9,11,14H,5H2,1-3H3,(H,12,13,15). The zero-order valence-electron chi connectivity index (χ0n) is 10.6. The lowest BCUT2D eigenvalue weighted by Gasteiger charge is -2.15. The van der Waals surface area contributed by atoms with Crippen LogP contribution in [0.4, 0.5) is 5.95 Å². The van der Waals surface area contributed by atoms with Gasteiger partial charge in [0.2, 0.25) is 16.0 Å². The summed E-state index contributed by atoms with van der Waals surface area (Å²) in [4.78, 5) is 8.15. The van der Waals surface area contributed by atoms with Crippen LogP contribution >= 0.6 is 0 Å². The minimum atomic E-state index is -3.50. The van der Waals surface area contributed by atoms with E-state index >= 15 is 0 Å². The third-order valence-corrected chi connectivity index (χ3v) is 4.64. The van der Waals surface area contributed by atoms with E-state index in [-0.39, 0.29) is 12.0 Å². The molecule has 2 unspecified atom stereocenters. The molecule has 2 atom stereocenters. The molecule has 0 aromatic carbocycles. The lowest BCUT2D eigenvalue weighted by molar-refractivity contribution is 0.565. The van der Waals surface area contributed by atoms with Gasteiger partial charge in [-0.1, -0.05) is 0 Å². The highest BCUT2D eigenvalue weighted by molar-refractivity contribution is 7.93. The summed E-state index contributed by atoms with van der Waals surface area (Å²) in [5, 5.41) is -0.540. The van der Waals surface area contributed by atoms with E-state index in [4.69, 9.17) is 0 Å². The Bertz CT molecular complexity index is 525. The van der Waals surface area contributed by atoms with Crippen molar-refractivity contribution in [2.75, 3.05) is 11.3 Å². The van der Waals surface area contributed by atoms with Crippen molar-refractivity contribution in [2.24, 2.45) is 0 Å². The molecule has 1 aromatic rings. The van der Waals surface area contributed by atoms with Gasteiger partial charge in [-0.15, -0.1) is 0 Å². The number of sulfonamides is 1. The zero-order valence-corrected chi connectivity index (χ0v) is 11.4. The molecule has 0 radical (unpaired) electrons. The number of aryl methyl sites for hydroxylation is 2. The van der Waals surface area contributed by atoms with E-state index in [1.807, 2.05) is 6.92 Å². The predicted molar refractivity (Wildman–Crippen MR) is 68.4 cm³/mol. The molecule has 1 aromatic heterocycles. The molecule has 18 heavy (non-hydrogen) atoms. The van der Waals surface area contributed by atoms with Crippen molar-refractivity contribution < 1.29 is 8.42 Å². The first-order chi connectivity index (χ1) is 8.38. The number of nitrogens with zero attached hydrogens (tertiary/aromatic N) is 2. The quantitative estimate of drug-likeness (QED) is 0.698. The Kier molecular flexibility index (Phi) is 3.51. The second-order valence-corrected chi connectivity index (χ2v) is 6.37. The van der Waals surface area contributed by atoms with Crippen molar-refractivity contribution in [1.82, 2.24) is 20.8 Å². The van der Waals surface area contributed by atoms with Crippen LogP contribution in [0.3, 0.4) is 0 Å². The maximum absolute atomic E-state index is 12.2. The molecule has 0 amide bonds.